The van der Waals surface area contributed by atoms with Crippen LogP contribution in [0.2, 0.25) is 0 Å². The van der Waals surface area contributed by atoms with Crippen LogP contribution in [0.4, 0.5) is 0 Å². The monoisotopic (exact) mass is 398 g/mol. The number of nitrogens with one attached hydrogen (secondary N) is 1. The van der Waals surface area contributed by atoms with E-state index in [0.29, 0.717) is 23.1 Å². The quantitative estimate of drug-likeness (QED) is 0.355. The van der Waals surface area contributed by atoms with Crippen molar-refractivity contribution in [2.24, 2.45) is 0 Å². The molecule has 0 fully saturated rings. The van der Waals surface area contributed by atoms with Crippen LogP contribution in [-0.4, -0.2) is 44.4 Å². The van der Waals surface area contributed by atoms with Gasteiger partial charge in [0, 0.05) is 29.1 Å². The Morgan fingerprint density at radius 2 is 1.96 bits per heavy atom. The summed E-state index contributed by atoms with van der Waals surface area (Å²) in [4.78, 5) is 28.5. The van der Waals surface area contributed by atoms with Gasteiger partial charge in [-0.15, -0.1) is 5.10 Å². The van der Waals surface area contributed by atoms with Gasteiger partial charge in [0.15, 0.2) is 11.6 Å². The molecule has 0 atom stereocenters. The van der Waals surface area contributed by atoms with Gasteiger partial charge in [-0.25, -0.2) is 4.98 Å². The van der Waals surface area contributed by atoms with Crippen LogP contribution in [0.3, 0.4) is 0 Å². The molecule has 3 rings (SSSR count). The molecule has 0 aliphatic rings. The van der Waals surface area contributed by atoms with Crippen molar-refractivity contribution in [1.29, 1.82) is 0 Å². The molecule has 0 aliphatic heterocycles. The van der Waals surface area contributed by atoms with E-state index in [0.717, 1.165) is 17.0 Å². The van der Waals surface area contributed by atoms with Crippen molar-refractivity contribution in [1.82, 2.24) is 19.7 Å². The summed E-state index contributed by atoms with van der Waals surface area (Å²) in [6.07, 6.45) is 0.273. The number of ether oxygens (including phenoxy) is 1. The number of thioether (sulfide) groups is 1. The number of Topliss-reactive ketones (excluding diaryl/α,β-unsaturated/α-hetero) is 1. The molecule has 28 heavy (non-hydrogen) atoms. The molecule has 0 bridgehead atoms. The van der Waals surface area contributed by atoms with Crippen LogP contribution in [0.1, 0.15) is 28.2 Å². The summed E-state index contributed by atoms with van der Waals surface area (Å²) in [5, 5.41) is 7.62. The maximum atomic E-state index is 12.7. The molecule has 7 nitrogen and oxygen atoms in total. The van der Waals surface area contributed by atoms with E-state index in [-0.39, 0.29) is 23.9 Å². The highest BCUT2D eigenvalue weighted by atomic mass is 32.2. The van der Waals surface area contributed by atoms with Crippen molar-refractivity contribution >= 4 is 23.5 Å². The molecule has 2 heterocycles. The Hall–Kier alpha value is -2.87. The molecule has 0 amide bonds. The number of H-pyrrole nitrogens is 1. The standard InChI is InChI=1S/C20H22N4O3S/c1-13-11-16(14(2)24(13)10-9-18(26)27-3)17(25)12-28-20-21-19(22-23-20)15-7-5-4-6-8-15/h4-8,11H,9-10,12H2,1-3H3,(H,21,22,23). The van der Waals surface area contributed by atoms with Gasteiger partial charge in [0.05, 0.1) is 19.3 Å². The molecule has 0 saturated heterocycles. The third-order valence-corrected chi connectivity index (χ3v) is 5.33. The number of hydrogen-bond acceptors (Lipinski definition) is 6. The molecule has 0 unspecified atom stereocenters. The van der Waals surface area contributed by atoms with Gasteiger partial charge in [0.25, 0.3) is 0 Å². The van der Waals surface area contributed by atoms with E-state index in [1.807, 2.05) is 54.8 Å². The molecule has 0 saturated carbocycles. The second-order valence-corrected chi connectivity index (χ2v) is 7.25. The Bertz CT molecular complexity index is 979. The average Bonchev–Trinajstić information content (AvgIpc) is 3.30. The van der Waals surface area contributed by atoms with Crippen molar-refractivity contribution < 1.29 is 14.3 Å². The fourth-order valence-corrected chi connectivity index (χ4v) is 3.66. The minimum absolute atomic E-state index is 0.00785. The fourth-order valence-electron chi connectivity index (χ4n) is 2.98. The zero-order valence-electron chi connectivity index (χ0n) is 16.1. The van der Waals surface area contributed by atoms with E-state index in [9.17, 15) is 9.59 Å². The fraction of sp³-hybridized carbons (Fsp3) is 0.300. The van der Waals surface area contributed by atoms with Gasteiger partial charge in [-0.1, -0.05) is 42.1 Å². The molecule has 1 aromatic carbocycles. The highest BCUT2D eigenvalue weighted by molar-refractivity contribution is 7.99. The number of ketones is 1. The number of rotatable bonds is 8. The molecule has 8 heteroatoms. The molecule has 0 radical (unpaired) electrons. The lowest BCUT2D eigenvalue weighted by Gasteiger charge is -2.08. The largest absolute Gasteiger partial charge is 0.469 e. The zero-order valence-corrected chi connectivity index (χ0v) is 16.9. The SMILES string of the molecule is COC(=O)CCn1c(C)cc(C(=O)CSc2n[nH]c(-c3ccccc3)n2)c1C. The molecule has 2 aromatic heterocycles. The van der Waals surface area contributed by atoms with Crippen LogP contribution in [0.25, 0.3) is 11.4 Å². The molecule has 1 N–H and O–H groups in total. The number of aryl methyl sites for hydroxylation is 1. The van der Waals surface area contributed by atoms with Gasteiger partial charge in [-0.05, 0) is 19.9 Å². The van der Waals surface area contributed by atoms with E-state index >= 15 is 0 Å². The first-order valence-electron chi connectivity index (χ1n) is 8.87. The summed E-state index contributed by atoms with van der Waals surface area (Å²) in [5.41, 5.74) is 3.40. The predicted octanol–water partition coefficient (Wildman–Crippen LogP) is 3.43. The zero-order chi connectivity index (χ0) is 20.1. The first kappa shape index (κ1) is 19.9. The topological polar surface area (TPSA) is 89.9 Å². The molecule has 3 aromatic rings. The van der Waals surface area contributed by atoms with Crippen LogP contribution in [-0.2, 0) is 16.1 Å². The number of carbonyl (C=O) groups is 2. The van der Waals surface area contributed by atoms with Crippen molar-refractivity contribution in [3.8, 4) is 11.4 Å². The van der Waals surface area contributed by atoms with E-state index < -0.39 is 0 Å². The van der Waals surface area contributed by atoms with Crippen LogP contribution in [0.15, 0.2) is 41.6 Å². The van der Waals surface area contributed by atoms with Crippen LogP contribution < -0.4 is 0 Å². The lowest BCUT2D eigenvalue weighted by Crippen LogP contribution is -2.10. The maximum absolute atomic E-state index is 12.7. The first-order valence-corrected chi connectivity index (χ1v) is 9.85. The number of aromatic amines is 1. The lowest BCUT2D eigenvalue weighted by atomic mass is 10.2. The smallest absolute Gasteiger partial charge is 0.307 e. The molecular formula is C20H22N4O3S. The highest BCUT2D eigenvalue weighted by Gasteiger charge is 2.17. The minimum Gasteiger partial charge on any atom is -0.469 e. The number of hydrogen-bond donors (Lipinski definition) is 1. The summed E-state index contributed by atoms with van der Waals surface area (Å²) in [7, 11) is 1.37. The summed E-state index contributed by atoms with van der Waals surface area (Å²) < 4.78 is 6.66. The number of methoxy groups -OCH3 is 1. The normalized spacial score (nSPS) is 10.8. The summed E-state index contributed by atoms with van der Waals surface area (Å²) in [6, 6.07) is 11.6. The third-order valence-electron chi connectivity index (χ3n) is 4.49. The number of nitrogens with zero attached hydrogens (tertiary/aromatic N) is 3. The third kappa shape index (κ3) is 4.51. The molecule has 146 valence electrons. The second kappa shape index (κ2) is 8.88. The second-order valence-electron chi connectivity index (χ2n) is 6.31. The van der Waals surface area contributed by atoms with E-state index in [1.54, 1.807) is 0 Å². The van der Waals surface area contributed by atoms with Crippen LogP contribution >= 0.6 is 11.8 Å². The Kier molecular flexibility index (Phi) is 6.30. The Morgan fingerprint density at radius 1 is 1.21 bits per heavy atom. The first-order chi connectivity index (χ1) is 13.5. The van der Waals surface area contributed by atoms with Gasteiger partial charge in [0.1, 0.15) is 0 Å². The number of esters is 1. The molecule has 0 aliphatic carbocycles. The Labute approximate surface area is 167 Å². The summed E-state index contributed by atoms with van der Waals surface area (Å²) >= 11 is 1.30. The highest BCUT2D eigenvalue weighted by Crippen LogP contribution is 2.22. The lowest BCUT2D eigenvalue weighted by molar-refractivity contribution is -0.140. The average molecular weight is 398 g/mol. The van der Waals surface area contributed by atoms with Crippen molar-refractivity contribution in [2.45, 2.75) is 32.0 Å². The van der Waals surface area contributed by atoms with Gasteiger partial charge in [-0.2, -0.15) is 0 Å². The van der Waals surface area contributed by atoms with Crippen molar-refractivity contribution in [3.63, 3.8) is 0 Å². The maximum Gasteiger partial charge on any atom is 0.307 e. The predicted molar refractivity (Wildman–Crippen MR) is 107 cm³/mol. The summed E-state index contributed by atoms with van der Waals surface area (Å²) in [5.74, 6) is 0.660. The van der Waals surface area contributed by atoms with Gasteiger partial charge in [-0.3, -0.25) is 14.7 Å². The van der Waals surface area contributed by atoms with Gasteiger partial charge in [0.2, 0.25) is 5.16 Å². The Balaban J connectivity index is 1.64. The van der Waals surface area contributed by atoms with Crippen LogP contribution in [0.5, 0.6) is 0 Å². The number of benzene rings is 1. The van der Waals surface area contributed by atoms with Gasteiger partial charge < -0.3 is 9.30 Å². The molecule has 0 spiro atoms. The van der Waals surface area contributed by atoms with Gasteiger partial charge >= 0.3 is 5.97 Å². The van der Waals surface area contributed by atoms with E-state index in [2.05, 4.69) is 19.9 Å². The van der Waals surface area contributed by atoms with Crippen LogP contribution in [0, 0.1) is 13.8 Å². The number of aromatic nitrogens is 4. The molecular weight excluding hydrogens is 376 g/mol. The number of carbonyl (C=O) groups excluding carboxylic acids is 2. The van der Waals surface area contributed by atoms with Crippen molar-refractivity contribution in [3.05, 3.63) is 53.3 Å². The van der Waals surface area contributed by atoms with E-state index in [1.165, 1.54) is 18.9 Å². The summed E-state index contributed by atoms with van der Waals surface area (Å²) in [6.45, 7) is 4.31. The minimum atomic E-state index is -0.269. The van der Waals surface area contributed by atoms with Crippen molar-refractivity contribution in [2.75, 3.05) is 12.9 Å². The Morgan fingerprint density at radius 3 is 2.68 bits per heavy atom. The van der Waals surface area contributed by atoms with E-state index in [4.69, 9.17) is 0 Å².